The number of hydrazone groups is 1. The van der Waals surface area contributed by atoms with Crippen LogP contribution in [0.25, 0.3) is 0 Å². The van der Waals surface area contributed by atoms with Crippen molar-refractivity contribution in [3.05, 3.63) is 69.7 Å². The smallest absolute Gasteiger partial charge is 0.362 e. The maximum Gasteiger partial charge on any atom is 0.438 e. The van der Waals surface area contributed by atoms with Gasteiger partial charge in [-0.3, -0.25) is 4.79 Å². The summed E-state index contributed by atoms with van der Waals surface area (Å²) in [5.74, 6) is -1.11. The van der Waals surface area contributed by atoms with Crippen molar-refractivity contribution in [1.29, 1.82) is 0 Å². The summed E-state index contributed by atoms with van der Waals surface area (Å²) in [5.41, 5.74) is -3.35. The Kier molecular flexibility index (Phi) is 4.72. The van der Waals surface area contributed by atoms with Crippen LogP contribution >= 0.6 is 23.2 Å². The molecule has 3 rings (SSSR count). The number of hydrogen-bond donors (Lipinski definition) is 1. The van der Waals surface area contributed by atoms with Crippen LogP contribution in [0, 0.1) is 0 Å². The van der Waals surface area contributed by atoms with E-state index in [1.165, 1.54) is 48.5 Å². The molecular formula is C17H11Cl2F3N2O2. The van der Waals surface area contributed by atoms with E-state index < -0.39 is 24.2 Å². The maximum atomic E-state index is 13.5. The van der Waals surface area contributed by atoms with E-state index in [-0.39, 0.29) is 21.3 Å². The molecular weight excluding hydrogens is 392 g/mol. The van der Waals surface area contributed by atoms with Gasteiger partial charge in [0.05, 0.1) is 12.1 Å². The molecule has 1 aliphatic heterocycles. The average Bonchev–Trinajstić information content (AvgIpc) is 2.94. The zero-order chi connectivity index (χ0) is 19.1. The number of carbonyl (C=O) groups excluding carboxylic acids is 1. The number of halogens is 5. The summed E-state index contributed by atoms with van der Waals surface area (Å²) in [4.78, 5) is 12.6. The number of rotatable bonds is 2. The first-order chi connectivity index (χ1) is 12.1. The van der Waals surface area contributed by atoms with Gasteiger partial charge in [0, 0.05) is 15.6 Å². The second-order valence-corrected chi connectivity index (χ2v) is 6.54. The quantitative estimate of drug-likeness (QED) is 0.803. The third kappa shape index (κ3) is 3.30. The molecule has 0 spiro atoms. The summed E-state index contributed by atoms with van der Waals surface area (Å²) in [6.45, 7) is 0. The van der Waals surface area contributed by atoms with Gasteiger partial charge in [0.2, 0.25) is 0 Å². The molecule has 1 aliphatic rings. The minimum atomic E-state index is -5.11. The number of carbonyl (C=O) groups is 1. The van der Waals surface area contributed by atoms with E-state index in [2.05, 4.69) is 5.10 Å². The number of nitrogens with zero attached hydrogens (tertiary/aromatic N) is 2. The van der Waals surface area contributed by atoms with Gasteiger partial charge in [0.1, 0.15) is 0 Å². The second-order valence-electron chi connectivity index (χ2n) is 5.67. The highest BCUT2D eigenvalue weighted by Crippen LogP contribution is 2.42. The van der Waals surface area contributed by atoms with Gasteiger partial charge in [-0.1, -0.05) is 41.4 Å². The van der Waals surface area contributed by atoms with Crippen molar-refractivity contribution < 1.29 is 23.1 Å². The Morgan fingerprint density at radius 1 is 1.12 bits per heavy atom. The molecule has 0 radical (unpaired) electrons. The van der Waals surface area contributed by atoms with Gasteiger partial charge in [-0.25, -0.2) is 0 Å². The highest BCUT2D eigenvalue weighted by molar-refractivity contribution is 6.31. The Bertz CT molecular complexity index is 884. The van der Waals surface area contributed by atoms with Gasteiger partial charge >= 0.3 is 6.18 Å². The van der Waals surface area contributed by atoms with E-state index in [4.69, 9.17) is 23.2 Å². The molecule has 136 valence electrons. The molecule has 2 aromatic rings. The summed E-state index contributed by atoms with van der Waals surface area (Å²) < 4.78 is 40.6. The minimum Gasteiger partial charge on any atom is -0.362 e. The Balaban J connectivity index is 2.05. The van der Waals surface area contributed by atoms with E-state index in [1.807, 2.05) is 0 Å². The van der Waals surface area contributed by atoms with E-state index in [9.17, 15) is 23.1 Å². The van der Waals surface area contributed by atoms with Crippen LogP contribution in [-0.2, 0) is 0 Å². The molecule has 26 heavy (non-hydrogen) atoms. The summed E-state index contributed by atoms with van der Waals surface area (Å²) >= 11 is 11.6. The molecule has 1 amide bonds. The number of aliphatic hydroxyl groups is 1. The molecule has 2 aromatic carbocycles. The SMILES string of the molecule is O=C(c1cccc(Cl)c1)N1N=C(c2ccc(Cl)cc2)C[C@@]1(O)C(F)(F)F. The van der Waals surface area contributed by atoms with Crippen LogP contribution in [0.2, 0.25) is 10.0 Å². The number of alkyl halides is 3. The van der Waals surface area contributed by atoms with Gasteiger partial charge in [-0.15, -0.1) is 0 Å². The highest BCUT2D eigenvalue weighted by atomic mass is 35.5. The van der Waals surface area contributed by atoms with E-state index in [0.29, 0.717) is 10.6 Å². The Hall–Kier alpha value is -2.09. The minimum absolute atomic E-state index is 0.0581. The molecule has 0 saturated carbocycles. The lowest BCUT2D eigenvalue weighted by atomic mass is 10.0. The average molecular weight is 403 g/mol. The molecule has 0 saturated heterocycles. The van der Waals surface area contributed by atoms with Crippen molar-refractivity contribution in [2.75, 3.05) is 0 Å². The molecule has 0 aliphatic carbocycles. The molecule has 9 heteroatoms. The third-order valence-corrected chi connectivity index (χ3v) is 4.37. The lowest BCUT2D eigenvalue weighted by Crippen LogP contribution is -2.56. The van der Waals surface area contributed by atoms with E-state index >= 15 is 0 Å². The first-order valence-electron chi connectivity index (χ1n) is 7.34. The molecule has 0 aromatic heterocycles. The van der Waals surface area contributed by atoms with Crippen LogP contribution in [0.1, 0.15) is 22.3 Å². The van der Waals surface area contributed by atoms with Gasteiger partial charge < -0.3 is 5.11 Å². The fraction of sp³-hybridized carbons (Fsp3) is 0.176. The zero-order valence-electron chi connectivity index (χ0n) is 13.0. The monoisotopic (exact) mass is 402 g/mol. The van der Waals surface area contributed by atoms with Crippen LogP contribution in [0.5, 0.6) is 0 Å². The highest BCUT2D eigenvalue weighted by Gasteiger charge is 2.63. The topological polar surface area (TPSA) is 52.9 Å². The second kappa shape index (κ2) is 6.57. The normalized spacial score (nSPS) is 20.2. The van der Waals surface area contributed by atoms with Crippen molar-refractivity contribution in [2.24, 2.45) is 5.10 Å². The summed E-state index contributed by atoms with van der Waals surface area (Å²) in [5, 5.41) is 14.7. The Morgan fingerprint density at radius 2 is 1.77 bits per heavy atom. The van der Waals surface area contributed by atoms with Crippen molar-refractivity contribution in [1.82, 2.24) is 5.01 Å². The van der Waals surface area contributed by atoms with Crippen molar-refractivity contribution >= 4 is 34.8 Å². The molecule has 1 N–H and O–H groups in total. The van der Waals surface area contributed by atoms with E-state index in [0.717, 1.165) is 0 Å². The van der Waals surface area contributed by atoms with Gasteiger partial charge in [-0.05, 0) is 35.9 Å². The van der Waals surface area contributed by atoms with Crippen LogP contribution < -0.4 is 0 Å². The predicted octanol–water partition coefficient (Wildman–Crippen LogP) is 4.49. The first kappa shape index (κ1) is 18.7. The molecule has 1 heterocycles. The summed E-state index contributed by atoms with van der Waals surface area (Å²) in [6, 6.07) is 11.3. The fourth-order valence-corrected chi connectivity index (χ4v) is 2.84. The molecule has 0 bridgehead atoms. The van der Waals surface area contributed by atoms with Gasteiger partial charge in [0.25, 0.3) is 11.6 Å². The lowest BCUT2D eigenvalue weighted by Gasteiger charge is -2.32. The molecule has 0 fully saturated rings. The third-order valence-electron chi connectivity index (χ3n) is 3.88. The fourth-order valence-electron chi connectivity index (χ4n) is 2.53. The first-order valence-corrected chi connectivity index (χ1v) is 8.10. The zero-order valence-corrected chi connectivity index (χ0v) is 14.5. The van der Waals surface area contributed by atoms with Crippen LogP contribution in [0.15, 0.2) is 53.6 Å². The number of benzene rings is 2. The summed E-state index contributed by atoms with van der Waals surface area (Å²) in [6.07, 6.45) is -6.01. The summed E-state index contributed by atoms with van der Waals surface area (Å²) in [7, 11) is 0. The van der Waals surface area contributed by atoms with Crippen molar-refractivity contribution in [3.8, 4) is 0 Å². The number of amides is 1. The van der Waals surface area contributed by atoms with E-state index in [1.54, 1.807) is 0 Å². The molecule has 1 atom stereocenters. The molecule has 0 unspecified atom stereocenters. The number of hydrogen-bond acceptors (Lipinski definition) is 3. The maximum absolute atomic E-state index is 13.5. The van der Waals surface area contributed by atoms with Crippen LogP contribution in [-0.4, -0.2) is 33.6 Å². The van der Waals surface area contributed by atoms with Crippen LogP contribution in [0.4, 0.5) is 13.2 Å². The Labute approximate surface area is 156 Å². The standard InChI is InChI=1S/C17H11Cl2F3N2O2/c18-12-6-4-10(5-7-12)14-9-16(26,17(20,21)22)24(23-14)15(25)11-2-1-3-13(19)8-11/h1-8,26H,9H2/t16-/m1/s1. The Morgan fingerprint density at radius 3 is 2.35 bits per heavy atom. The molecule has 4 nitrogen and oxygen atoms in total. The van der Waals surface area contributed by atoms with Gasteiger partial charge in [-0.2, -0.15) is 23.3 Å². The van der Waals surface area contributed by atoms with Crippen molar-refractivity contribution in [3.63, 3.8) is 0 Å². The largest absolute Gasteiger partial charge is 0.438 e. The van der Waals surface area contributed by atoms with Crippen LogP contribution in [0.3, 0.4) is 0 Å². The van der Waals surface area contributed by atoms with Gasteiger partial charge in [0.15, 0.2) is 0 Å². The van der Waals surface area contributed by atoms with Crippen molar-refractivity contribution in [2.45, 2.75) is 18.3 Å². The lowest BCUT2D eigenvalue weighted by molar-refractivity contribution is -0.297. The predicted molar refractivity (Wildman–Crippen MR) is 91.2 cm³/mol.